The first-order valence-corrected chi connectivity index (χ1v) is 5.65. The second-order valence-electron chi connectivity index (χ2n) is 2.97. The van der Waals surface area contributed by atoms with Gasteiger partial charge in [0.15, 0.2) is 0 Å². The minimum atomic E-state index is -0.0602. The molecule has 2 heteroatoms. The Labute approximate surface area is 88.4 Å². The monoisotopic (exact) mass is 210 g/mol. The fourth-order valence-electron chi connectivity index (χ4n) is 1.29. The first kappa shape index (κ1) is 11.2. The Kier molecular flexibility index (Phi) is 3.64. The molecule has 76 valence electrons. The van der Waals surface area contributed by atoms with Crippen molar-refractivity contribution in [2.75, 3.05) is 0 Å². The molecular formula is C12H15FS. The van der Waals surface area contributed by atoms with Gasteiger partial charge in [-0.05, 0) is 25.5 Å². The van der Waals surface area contributed by atoms with Crippen LogP contribution in [0.1, 0.15) is 24.3 Å². The number of hydrogen-bond acceptors (Lipinski definition) is 1. The minimum absolute atomic E-state index is 0.0602. The topological polar surface area (TPSA) is 0 Å². The molecule has 0 bridgehead atoms. The van der Waals surface area contributed by atoms with Crippen LogP contribution in [0.3, 0.4) is 0 Å². The molecule has 1 aromatic heterocycles. The van der Waals surface area contributed by atoms with E-state index in [2.05, 4.69) is 0 Å². The van der Waals surface area contributed by atoms with Gasteiger partial charge in [-0.1, -0.05) is 26.0 Å². The molecule has 1 heterocycles. The molecule has 2 aromatic rings. The summed E-state index contributed by atoms with van der Waals surface area (Å²) in [6.45, 7) is 7.84. The highest BCUT2D eigenvalue weighted by molar-refractivity contribution is 7.19. The van der Waals surface area contributed by atoms with Crippen LogP contribution in [0.15, 0.2) is 18.2 Å². The van der Waals surface area contributed by atoms with Crippen LogP contribution in [0.25, 0.3) is 10.1 Å². The number of benzene rings is 1. The molecule has 0 aliphatic carbocycles. The van der Waals surface area contributed by atoms with E-state index in [-0.39, 0.29) is 5.82 Å². The number of fused-ring (bicyclic) bond motifs is 1. The van der Waals surface area contributed by atoms with Crippen molar-refractivity contribution in [1.29, 1.82) is 0 Å². The van der Waals surface area contributed by atoms with Crippen LogP contribution in [0.5, 0.6) is 0 Å². The van der Waals surface area contributed by atoms with Gasteiger partial charge in [0.1, 0.15) is 5.82 Å². The van der Waals surface area contributed by atoms with Crippen molar-refractivity contribution in [1.82, 2.24) is 0 Å². The van der Waals surface area contributed by atoms with Crippen molar-refractivity contribution in [2.45, 2.75) is 27.7 Å². The number of aryl methyl sites for hydroxylation is 2. The normalized spacial score (nSPS) is 9.79. The summed E-state index contributed by atoms with van der Waals surface area (Å²) in [5.74, 6) is -0.0602. The van der Waals surface area contributed by atoms with Gasteiger partial charge in [-0.2, -0.15) is 0 Å². The second kappa shape index (κ2) is 4.56. The van der Waals surface area contributed by atoms with Crippen LogP contribution in [-0.2, 0) is 0 Å². The standard InChI is InChI=1S/C10H9FS.C2H6/c1-6-3-4-8-9(5-6)12-7(2)10(8)11;1-2/h3-5H,1-2H3;1-2H3. The van der Waals surface area contributed by atoms with Crippen LogP contribution in [0, 0.1) is 19.7 Å². The van der Waals surface area contributed by atoms with E-state index in [0.717, 1.165) is 15.0 Å². The van der Waals surface area contributed by atoms with Crippen molar-refractivity contribution in [3.8, 4) is 0 Å². The summed E-state index contributed by atoms with van der Waals surface area (Å²) in [4.78, 5) is 0.774. The highest BCUT2D eigenvalue weighted by atomic mass is 32.1. The van der Waals surface area contributed by atoms with E-state index in [1.165, 1.54) is 16.9 Å². The van der Waals surface area contributed by atoms with E-state index < -0.39 is 0 Å². The second-order valence-corrected chi connectivity index (χ2v) is 4.23. The Morgan fingerprint density at radius 3 is 2.43 bits per heavy atom. The highest BCUT2D eigenvalue weighted by Crippen LogP contribution is 2.29. The van der Waals surface area contributed by atoms with E-state index in [1.807, 2.05) is 45.9 Å². The third-order valence-corrected chi connectivity index (χ3v) is 2.99. The number of halogens is 1. The van der Waals surface area contributed by atoms with Crippen LogP contribution in [0.4, 0.5) is 4.39 Å². The van der Waals surface area contributed by atoms with Crippen LogP contribution >= 0.6 is 11.3 Å². The van der Waals surface area contributed by atoms with Crippen LogP contribution < -0.4 is 0 Å². The fourth-order valence-corrected chi connectivity index (χ4v) is 2.34. The SMILES string of the molecule is CC.Cc1ccc2c(F)c(C)sc2c1. The summed E-state index contributed by atoms with van der Waals surface area (Å²) in [7, 11) is 0. The Hall–Kier alpha value is -0.890. The van der Waals surface area contributed by atoms with Gasteiger partial charge in [0.2, 0.25) is 0 Å². The van der Waals surface area contributed by atoms with E-state index in [4.69, 9.17) is 0 Å². The zero-order chi connectivity index (χ0) is 10.7. The smallest absolute Gasteiger partial charge is 0.144 e. The molecule has 0 radical (unpaired) electrons. The van der Waals surface area contributed by atoms with Gasteiger partial charge in [0.05, 0.1) is 0 Å². The summed E-state index contributed by atoms with van der Waals surface area (Å²) in [6.07, 6.45) is 0. The van der Waals surface area contributed by atoms with Gasteiger partial charge in [0.25, 0.3) is 0 Å². The highest BCUT2D eigenvalue weighted by Gasteiger charge is 2.06. The largest absolute Gasteiger partial charge is 0.205 e. The lowest BCUT2D eigenvalue weighted by Crippen LogP contribution is -1.72. The number of thiophene rings is 1. The first-order valence-electron chi connectivity index (χ1n) is 4.84. The van der Waals surface area contributed by atoms with E-state index >= 15 is 0 Å². The Morgan fingerprint density at radius 1 is 1.14 bits per heavy atom. The lowest BCUT2D eigenvalue weighted by molar-refractivity contribution is 0.636. The zero-order valence-corrected chi connectivity index (χ0v) is 9.83. The van der Waals surface area contributed by atoms with Crippen molar-refractivity contribution in [3.05, 3.63) is 34.5 Å². The summed E-state index contributed by atoms with van der Waals surface area (Å²) in [5.41, 5.74) is 1.18. The van der Waals surface area contributed by atoms with E-state index in [0.29, 0.717) is 0 Å². The van der Waals surface area contributed by atoms with Gasteiger partial charge in [-0.3, -0.25) is 0 Å². The molecule has 0 N–H and O–H groups in total. The van der Waals surface area contributed by atoms with Gasteiger partial charge < -0.3 is 0 Å². The maximum atomic E-state index is 13.3. The number of hydrogen-bond donors (Lipinski definition) is 0. The van der Waals surface area contributed by atoms with Crippen molar-refractivity contribution >= 4 is 21.4 Å². The third kappa shape index (κ3) is 1.95. The average molecular weight is 210 g/mol. The van der Waals surface area contributed by atoms with Gasteiger partial charge in [0, 0.05) is 15.0 Å². The predicted octanol–water partition coefficient (Wildman–Crippen LogP) is 4.68. The molecule has 0 amide bonds. The molecule has 0 nitrogen and oxygen atoms in total. The fraction of sp³-hybridized carbons (Fsp3) is 0.333. The molecule has 0 aliphatic rings. The van der Waals surface area contributed by atoms with E-state index in [9.17, 15) is 4.39 Å². The molecule has 0 saturated carbocycles. The van der Waals surface area contributed by atoms with Crippen molar-refractivity contribution in [2.24, 2.45) is 0 Å². The lowest BCUT2D eigenvalue weighted by Gasteiger charge is -1.91. The van der Waals surface area contributed by atoms with E-state index in [1.54, 1.807) is 0 Å². The zero-order valence-electron chi connectivity index (χ0n) is 9.02. The molecule has 0 spiro atoms. The summed E-state index contributed by atoms with van der Waals surface area (Å²) in [6, 6.07) is 5.82. The Morgan fingerprint density at radius 2 is 1.79 bits per heavy atom. The minimum Gasteiger partial charge on any atom is -0.205 e. The van der Waals surface area contributed by atoms with Crippen molar-refractivity contribution in [3.63, 3.8) is 0 Å². The maximum absolute atomic E-state index is 13.3. The maximum Gasteiger partial charge on any atom is 0.144 e. The summed E-state index contributed by atoms with van der Waals surface area (Å²) < 4.78 is 14.3. The average Bonchev–Trinajstić information content (AvgIpc) is 2.45. The molecule has 14 heavy (non-hydrogen) atoms. The van der Waals surface area contributed by atoms with Gasteiger partial charge in [-0.15, -0.1) is 11.3 Å². The molecule has 1 aromatic carbocycles. The quantitative estimate of drug-likeness (QED) is 0.592. The third-order valence-electron chi connectivity index (χ3n) is 1.95. The summed E-state index contributed by atoms with van der Waals surface area (Å²) in [5, 5.41) is 0.753. The van der Waals surface area contributed by atoms with Crippen LogP contribution in [0.2, 0.25) is 0 Å². The summed E-state index contributed by atoms with van der Waals surface area (Å²) >= 11 is 1.52. The van der Waals surface area contributed by atoms with Crippen molar-refractivity contribution < 1.29 is 4.39 Å². The molecule has 2 rings (SSSR count). The molecule has 0 unspecified atom stereocenters. The predicted molar refractivity (Wildman–Crippen MR) is 62.6 cm³/mol. The molecule has 0 atom stereocenters. The molecule has 0 aliphatic heterocycles. The first-order chi connectivity index (χ1) is 6.68. The van der Waals surface area contributed by atoms with Crippen LogP contribution in [-0.4, -0.2) is 0 Å². The molecular weight excluding hydrogens is 195 g/mol. The Balaban J connectivity index is 0.000000461. The lowest BCUT2D eigenvalue weighted by atomic mass is 10.2. The molecule has 0 fully saturated rings. The van der Waals surface area contributed by atoms with Gasteiger partial charge in [-0.25, -0.2) is 4.39 Å². The Bertz CT molecular complexity index is 429. The van der Waals surface area contributed by atoms with Gasteiger partial charge >= 0.3 is 0 Å². The number of rotatable bonds is 0. The molecule has 0 saturated heterocycles.